The van der Waals surface area contributed by atoms with Crippen molar-refractivity contribution >= 4 is 45.6 Å². The van der Waals surface area contributed by atoms with Crippen LogP contribution in [-0.4, -0.2) is 46.0 Å². The lowest BCUT2D eigenvalue weighted by atomic mass is 10.0. The quantitative estimate of drug-likeness (QED) is 0.459. The molecule has 3 N–H and O–H groups in total. The lowest BCUT2D eigenvalue weighted by Crippen LogP contribution is -2.30. The van der Waals surface area contributed by atoms with Crippen LogP contribution in [-0.2, 0) is 0 Å². The molecule has 10 heteroatoms. The van der Waals surface area contributed by atoms with E-state index in [9.17, 15) is 4.79 Å². The largest absolute Gasteiger partial charge is 0.373 e. The Morgan fingerprint density at radius 3 is 2.90 bits per heavy atom. The summed E-state index contributed by atoms with van der Waals surface area (Å²) in [7, 11) is 3.50. The first-order valence-electron chi connectivity index (χ1n) is 9.51. The molecule has 0 unspecified atom stereocenters. The van der Waals surface area contributed by atoms with Gasteiger partial charge in [0.1, 0.15) is 5.69 Å². The maximum Gasteiger partial charge on any atom is 0.320 e. The molecule has 0 spiro atoms. The van der Waals surface area contributed by atoms with Crippen LogP contribution in [0.15, 0.2) is 30.6 Å². The van der Waals surface area contributed by atoms with Gasteiger partial charge in [-0.3, -0.25) is 10.4 Å². The predicted octanol–water partition coefficient (Wildman–Crippen LogP) is 4.02. The zero-order chi connectivity index (χ0) is 21.0. The molecule has 8 nitrogen and oxygen atoms in total. The Morgan fingerprint density at radius 1 is 1.37 bits per heavy atom. The van der Waals surface area contributed by atoms with Gasteiger partial charge in [-0.25, -0.2) is 13.7 Å². The molecule has 1 fully saturated rings. The number of urea groups is 1. The Balaban J connectivity index is 1.57. The van der Waals surface area contributed by atoms with E-state index in [2.05, 4.69) is 25.9 Å². The Hall–Kier alpha value is -3.33. The van der Waals surface area contributed by atoms with Crippen LogP contribution in [0.4, 0.5) is 20.7 Å². The molecule has 0 atom stereocenters. The van der Waals surface area contributed by atoms with E-state index in [0.717, 1.165) is 29.3 Å². The number of aromatic amines is 1. The van der Waals surface area contributed by atoms with Gasteiger partial charge in [0.15, 0.2) is 11.6 Å². The number of benzene rings is 1. The lowest BCUT2D eigenvalue weighted by molar-refractivity contribution is 0.251. The Bertz CT molecular complexity index is 1290. The molecule has 4 aromatic rings. The van der Waals surface area contributed by atoms with Gasteiger partial charge in [0.25, 0.3) is 0 Å². The number of H-pyrrole nitrogens is 1. The van der Waals surface area contributed by atoms with Gasteiger partial charge in [0.2, 0.25) is 0 Å². The first kappa shape index (κ1) is 18.7. The van der Waals surface area contributed by atoms with E-state index in [1.807, 2.05) is 6.07 Å². The summed E-state index contributed by atoms with van der Waals surface area (Å²) in [5.41, 5.74) is 2.93. The highest BCUT2D eigenvalue weighted by Crippen LogP contribution is 2.42. The maximum atomic E-state index is 15.1. The van der Waals surface area contributed by atoms with E-state index >= 15 is 4.39 Å². The molecule has 0 radical (unpaired) electrons. The van der Waals surface area contributed by atoms with Gasteiger partial charge in [-0.1, -0.05) is 11.6 Å². The Labute approximate surface area is 176 Å². The molecule has 1 aromatic carbocycles. The number of carbonyl (C=O) groups is 1. The zero-order valence-electron chi connectivity index (χ0n) is 16.3. The highest BCUT2D eigenvalue weighted by Gasteiger charge is 2.24. The monoisotopic (exact) mass is 427 g/mol. The molecule has 3 aromatic heterocycles. The van der Waals surface area contributed by atoms with Crippen LogP contribution in [0.5, 0.6) is 0 Å². The molecular weight excluding hydrogens is 409 g/mol. The van der Waals surface area contributed by atoms with Crippen molar-refractivity contribution in [1.82, 2.24) is 25.1 Å². The van der Waals surface area contributed by atoms with Crippen LogP contribution in [0.3, 0.4) is 0 Å². The van der Waals surface area contributed by atoms with Gasteiger partial charge in [-0.05, 0) is 30.5 Å². The molecule has 154 valence electrons. The molecule has 0 aliphatic heterocycles. The molecule has 1 aliphatic carbocycles. The molecule has 3 heterocycles. The summed E-state index contributed by atoms with van der Waals surface area (Å²) >= 11 is 6.46. The number of nitrogens with one attached hydrogen (secondary N) is 3. The van der Waals surface area contributed by atoms with Crippen LogP contribution in [0.2, 0.25) is 5.02 Å². The van der Waals surface area contributed by atoms with Crippen LogP contribution < -0.4 is 15.5 Å². The number of nitrogens with zero attached hydrogens (tertiary/aromatic N) is 4. The van der Waals surface area contributed by atoms with Crippen molar-refractivity contribution in [3.8, 4) is 11.1 Å². The Morgan fingerprint density at radius 2 is 2.17 bits per heavy atom. The number of carbonyl (C=O) groups excluding carboxylic acids is 1. The van der Waals surface area contributed by atoms with Crippen molar-refractivity contribution in [3.05, 3.63) is 41.4 Å². The minimum absolute atomic E-state index is 0.0265. The van der Waals surface area contributed by atoms with Crippen molar-refractivity contribution in [2.75, 3.05) is 24.3 Å². The highest BCUT2D eigenvalue weighted by molar-refractivity contribution is 6.36. The second-order valence-corrected chi connectivity index (χ2v) is 7.97. The van der Waals surface area contributed by atoms with Crippen LogP contribution in [0.25, 0.3) is 27.5 Å². The third-order valence-electron chi connectivity index (χ3n) is 5.12. The number of aromatic nitrogens is 4. The zero-order valence-corrected chi connectivity index (χ0v) is 17.1. The standard InChI is InChI=1S/C20H19ClFN7O/c1-28(2)19-17(22)16(21)15(13-9-23-26-18(13)19)10-5-6-29-12(7-10)8-14(27-29)25-20(30)24-11-3-4-11/h5-9,11H,3-4H2,1-2H3,(H,23,26)(H2,24,25,27,30). The van der Waals surface area contributed by atoms with E-state index in [1.54, 1.807) is 48.0 Å². The minimum Gasteiger partial charge on any atom is -0.373 e. The van der Waals surface area contributed by atoms with Crippen molar-refractivity contribution in [2.24, 2.45) is 0 Å². The van der Waals surface area contributed by atoms with Crippen molar-refractivity contribution < 1.29 is 9.18 Å². The second-order valence-electron chi connectivity index (χ2n) is 7.59. The molecular formula is C20H19ClFN7O. The van der Waals surface area contributed by atoms with E-state index in [4.69, 9.17) is 11.6 Å². The number of amides is 2. The number of anilines is 2. The molecule has 0 bridgehead atoms. The van der Waals surface area contributed by atoms with Crippen LogP contribution >= 0.6 is 11.6 Å². The normalized spacial score (nSPS) is 13.7. The first-order chi connectivity index (χ1) is 14.4. The summed E-state index contributed by atoms with van der Waals surface area (Å²) in [6, 6.07) is 5.38. The minimum atomic E-state index is -0.513. The van der Waals surface area contributed by atoms with Gasteiger partial charge >= 0.3 is 6.03 Å². The summed E-state index contributed by atoms with van der Waals surface area (Å²) in [5, 5.41) is 17.7. The fourth-order valence-corrected chi connectivity index (χ4v) is 3.88. The van der Waals surface area contributed by atoms with Crippen molar-refractivity contribution in [2.45, 2.75) is 18.9 Å². The van der Waals surface area contributed by atoms with Crippen LogP contribution in [0, 0.1) is 5.82 Å². The molecule has 1 aliphatic rings. The van der Waals surface area contributed by atoms with Gasteiger partial charge in [0.05, 0.1) is 22.3 Å². The average molecular weight is 428 g/mol. The lowest BCUT2D eigenvalue weighted by Gasteiger charge is -2.18. The third kappa shape index (κ3) is 3.11. The van der Waals surface area contributed by atoms with Crippen molar-refractivity contribution in [3.63, 3.8) is 0 Å². The molecule has 5 rings (SSSR count). The number of hydrogen-bond acceptors (Lipinski definition) is 4. The molecule has 30 heavy (non-hydrogen) atoms. The predicted molar refractivity (Wildman–Crippen MR) is 115 cm³/mol. The summed E-state index contributed by atoms with van der Waals surface area (Å²) in [5.74, 6) is -0.0834. The summed E-state index contributed by atoms with van der Waals surface area (Å²) in [4.78, 5) is 13.6. The Kier molecular flexibility index (Phi) is 4.28. The summed E-state index contributed by atoms with van der Waals surface area (Å²) < 4.78 is 16.7. The first-order valence-corrected chi connectivity index (χ1v) is 9.89. The fourth-order valence-electron chi connectivity index (χ4n) is 3.58. The SMILES string of the molecule is CN(C)c1c(F)c(Cl)c(-c2ccn3nc(NC(=O)NC4CC4)cc3c2)c2cn[nH]c12. The fraction of sp³-hybridized carbons (Fsp3) is 0.250. The topological polar surface area (TPSA) is 90.3 Å². The van der Waals surface area contributed by atoms with E-state index in [-0.39, 0.29) is 17.1 Å². The highest BCUT2D eigenvalue weighted by atomic mass is 35.5. The van der Waals surface area contributed by atoms with E-state index in [0.29, 0.717) is 22.6 Å². The van der Waals surface area contributed by atoms with Gasteiger partial charge in [-0.15, -0.1) is 5.10 Å². The van der Waals surface area contributed by atoms with Crippen LogP contribution in [0.1, 0.15) is 12.8 Å². The molecule has 2 amide bonds. The average Bonchev–Trinajstić information content (AvgIpc) is 3.21. The molecule has 1 saturated carbocycles. The number of pyridine rings is 1. The number of fused-ring (bicyclic) bond motifs is 2. The summed E-state index contributed by atoms with van der Waals surface area (Å²) in [6.45, 7) is 0. The van der Waals surface area contributed by atoms with E-state index in [1.165, 1.54) is 0 Å². The summed E-state index contributed by atoms with van der Waals surface area (Å²) in [6.07, 6.45) is 5.40. The smallest absolute Gasteiger partial charge is 0.320 e. The van der Waals surface area contributed by atoms with Gasteiger partial charge in [0, 0.05) is 43.4 Å². The van der Waals surface area contributed by atoms with Gasteiger partial charge < -0.3 is 10.2 Å². The second kappa shape index (κ2) is 6.88. The van der Waals surface area contributed by atoms with Gasteiger partial charge in [-0.2, -0.15) is 5.10 Å². The third-order valence-corrected chi connectivity index (χ3v) is 5.47. The molecule has 0 saturated heterocycles. The number of halogens is 2. The van der Waals surface area contributed by atoms with Crippen molar-refractivity contribution in [1.29, 1.82) is 0 Å². The van der Waals surface area contributed by atoms with E-state index < -0.39 is 5.82 Å². The number of rotatable bonds is 4. The maximum absolute atomic E-state index is 15.1. The number of hydrogen-bond donors (Lipinski definition) is 3.